The molecule has 0 radical (unpaired) electrons. The Balaban J connectivity index is 1.56. The number of nitrogens with one attached hydrogen (secondary N) is 2. The number of aromatic amines is 1. The Morgan fingerprint density at radius 3 is 2.70 bits per heavy atom. The number of halogens is 1. The van der Waals surface area contributed by atoms with Crippen molar-refractivity contribution in [3.05, 3.63) is 60.2 Å². The van der Waals surface area contributed by atoms with Crippen molar-refractivity contribution in [2.24, 2.45) is 0 Å². The second kappa shape index (κ2) is 8.30. The molecule has 0 atom stereocenters. The van der Waals surface area contributed by atoms with Crippen molar-refractivity contribution in [3.63, 3.8) is 0 Å². The fourth-order valence-electron chi connectivity index (χ4n) is 3.06. The first-order chi connectivity index (χ1) is 14.4. The lowest BCUT2D eigenvalue weighted by molar-refractivity contribution is 0.0730. The zero-order valence-electron chi connectivity index (χ0n) is 15.7. The first-order valence-electron chi connectivity index (χ1n) is 9.10. The molecule has 4 rings (SSSR count). The van der Waals surface area contributed by atoms with Gasteiger partial charge in [-0.05, 0) is 36.4 Å². The topological polar surface area (TPSA) is 117 Å². The van der Waals surface area contributed by atoms with Gasteiger partial charge in [-0.3, -0.25) is 9.89 Å². The van der Waals surface area contributed by atoms with Crippen LogP contribution in [0.2, 0.25) is 0 Å². The highest BCUT2D eigenvalue weighted by molar-refractivity contribution is 7.89. The lowest BCUT2D eigenvalue weighted by Crippen LogP contribution is -2.40. The highest BCUT2D eigenvalue weighted by atomic mass is 32.2. The number of benzene rings is 2. The van der Waals surface area contributed by atoms with Gasteiger partial charge in [-0.15, -0.1) is 0 Å². The molecular weight excluding hydrogens is 413 g/mol. The number of sulfonamides is 1. The lowest BCUT2D eigenvalue weighted by atomic mass is 10.1. The average Bonchev–Trinajstić information content (AvgIpc) is 3.30. The molecule has 0 unspecified atom stereocenters. The minimum Gasteiger partial charge on any atom is -0.379 e. The number of carbonyl (C=O) groups excluding carboxylic acids is 1. The Morgan fingerprint density at radius 1 is 1.17 bits per heavy atom. The predicted octanol–water partition coefficient (Wildman–Crippen LogP) is 1.88. The molecule has 2 aromatic carbocycles. The van der Waals surface area contributed by atoms with E-state index in [0.29, 0.717) is 18.9 Å². The van der Waals surface area contributed by atoms with Crippen LogP contribution < -0.4 is 5.32 Å². The highest BCUT2D eigenvalue weighted by Gasteiger charge is 2.27. The number of anilines is 1. The zero-order chi connectivity index (χ0) is 21.1. The Bertz CT molecular complexity index is 1160. The fraction of sp³-hybridized carbons (Fsp3) is 0.211. The number of rotatable bonds is 5. The van der Waals surface area contributed by atoms with Crippen LogP contribution in [0.4, 0.5) is 10.1 Å². The number of carbonyl (C=O) groups is 1. The number of aromatic nitrogens is 3. The van der Waals surface area contributed by atoms with E-state index in [1.807, 2.05) is 0 Å². The van der Waals surface area contributed by atoms with Gasteiger partial charge in [0.2, 0.25) is 10.0 Å². The number of amides is 1. The number of hydrogen-bond donors (Lipinski definition) is 2. The van der Waals surface area contributed by atoms with E-state index in [4.69, 9.17) is 4.74 Å². The molecule has 11 heteroatoms. The van der Waals surface area contributed by atoms with E-state index >= 15 is 0 Å². The molecule has 1 aromatic heterocycles. The molecule has 3 aromatic rings. The Hall–Kier alpha value is -3.15. The molecule has 0 bridgehead atoms. The second-order valence-corrected chi connectivity index (χ2v) is 8.47. The second-order valence-electron chi connectivity index (χ2n) is 6.53. The summed E-state index contributed by atoms with van der Waals surface area (Å²) in [5.41, 5.74) is 0.637. The highest BCUT2D eigenvalue weighted by Crippen LogP contribution is 2.24. The van der Waals surface area contributed by atoms with Gasteiger partial charge in [0.05, 0.1) is 23.7 Å². The molecule has 1 amide bonds. The van der Waals surface area contributed by atoms with Crippen LogP contribution in [0.25, 0.3) is 11.4 Å². The molecule has 30 heavy (non-hydrogen) atoms. The van der Waals surface area contributed by atoms with E-state index in [-0.39, 0.29) is 34.9 Å². The van der Waals surface area contributed by atoms with Crippen LogP contribution >= 0.6 is 0 Å². The quantitative estimate of drug-likeness (QED) is 0.637. The maximum absolute atomic E-state index is 14.1. The van der Waals surface area contributed by atoms with E-state index in [0.717, 1.165) is 0 Å². The van der Waals surface area contributed by atoms with Gasteiger partial charge in [0, 0.05) is 24.3 Å². The van der Waals surface area contributed by atoms with Crippen LogP contribution in [0.15, 0.2) is 53.7 Å². The predicted molar refractivity (Wildman–Crippen MR) is 106 cm³/mol. The van der Waals surface area contributed by atoms with Crippen LogP contribution in [0, 0.1) is 5.82 Å². The average molecular weight is 431 g/mol. The number of H-pyrrole nitrogens is 1. The van der Waals surface area contributed by atoms with Crippen molar-refractivity contribution in [2.45, 2.75) is 4.90 Å². The molecule has 0 saturated carbocycles. The summed E-state index contributed by atoms with van der Waals surface area (Å²) in [7, 11) is -3.73. The SMILES string of the molecule is O=C(Nc1ccc(F)c(-c2ncn[nH]2)c1)c1cccc(S(=O)(=O)N2CCOCC2)c1. The van der Waals surface area contributed by atoms with Crippen molar-refractivity contribution in [3.8, 4) is 11.4 Å². The summed E-state index contributed by atoms with van der Waals surface area (Å²) >= 11 is 0. The summed E-state index contributed by atoms with van der Waals surface area (Å²) < 4.78 is 46.2. The largest absolute Gasteiger partial charge is 0.379 e. The molecule has 1 saturated heterocycles. The molecule has 156 valence electrons. The maximum atomic E-state index is 14.1. The van der Waals surface area contributed by atoms with Crippen molar-refractivity contribution < 1.29 is 22.3 Å². The first-order valence-corrected chi connectivity index (χ1v) is 10.5. The minimum absolute atomic E-state index is 0.0264. The van der Waals surface area contributed by atoms with Gasteiger partial charge in [0.25, 0.3) is 5.91 Å². The number of morpholine rings is 1. The van der Waals surface area contributed by atoms with Gasteiger partial charge >= 0.3 is 0 Å². The summed E-state index contributed by atoms with van der Waals surface area (Å²) in [5.74, 6) is -0.824. The van der Waals surface area contributed by atoms with E-state index in [1.54, 1.807) is 0 Å². The summed E-state index contributed by atoms with van der Waals surface area (Å²) in [6.07, 6.45) is 1.25. The monoisotopic (exact) mass is 431 g/mol. The van der Waals surface area contributed by atoms with E-state index in [1.165, 1.54) is 53.1 Å². The molecule has 2 N–H and O–H groups in total. The molecule has 2 heterocycles. The summed E-state index contributed by atoms with van der Waals surface area (Å²) in [4.78, 5) is 16.6. The molecule has 1 aliphatic rings. The van der Waals surface area contributed by atoms with Crippen molar-refractivity contribution in [1.29, 1.82) is 0 Å². The van der Waals surface area contributed by atoms with Gasteiger partial charge in [-0.25, -0.2) is 17.8 Å². The van der Waals surface area contributed by atoms with Gasteiger partial charge < -0.3 is 10.1 Å². The number of nitrogens with zero attached hydrogens (tertiary/aromatic N) is 3. The molecule has 1 aliphatic heterocycles. The minimum atomic E-state index is -3.73. The van der Waals surface area contributed by atoms with Crippen LogP contribution in [0.1, 0.15) is 10.4 Å². The van der Waals surface area contributed by atoms with Gasteiger partial charge in [-0.2, -0.15) is 9.40 Å². The Labute approximate surface area is 171 Å². The third kappa shape index (κ3) is 4.08. The molecule has 0 spiro atoms. The third-order valence-corrected chi connectivity index (χ3v) is 6.49. The summed E-state index contributed by atoms with van der Waals surface area (Å²) in [6.45, 7) is 1.19. The fourth-order valence-corrected chi connectivity index (χ4v) is 4.51. The van der Waals surface area contributed by atoms with Crippen molar-refractivity contribution in [1.82, 2.24) is 19.5 Å². The van der Waals surface area contributed by atoms with Crippen molar-refractivity contribution in [2.75, 3.05) is 31.6 Å². The first kappa shape index (κ1) is 20.1. The van der Waals surface area contributed by atoms with Crippen molar-refractivity contribution >= 4 is 21.6 Å². The standard InChI is InChI=1S/C19H18FN5O4S/c20-17-5-4-14(11-16(17)18-21-12-22-24-18)23-19(26)13-2-1-3-15(10-13)30(27,28)25-6-8-29-9-7-25/h1-5,10-12H,6-9H2,(H,23,26)(H,21,22,24). The van der Waals surface area contributed by atoms with E-state index in [2.05, 4.69) is 20.5 Å². The summed E-state index contributed by atoms with van der Waals surface area (Å²) in [6, 6.07) is 9.81. The lowest BCUT2D eigenvalue weighted by Gasteiger charge is -2.26. The Morgan fingerprint density at radius 2 is 1.97 bits per heavy atom. The molecule has 1 fully saturated rings. The number of hydrogen-bond acceptors (Lipinski definition) is 6. The molecule has 0 aliphatic carbocycles. The van der Waals surface area contributed by atoms with Crippen LogP contribution in [0.3, 0.4) is 0 Å². The van der Waals surface area contributed by atoms with Gasteiger partial charge in [0.1, 0.15) is 12.1 Å². The van der Waals surface area contributed by atoms with E-state index in [9.17, 15) is 17.6 Å². The molecule has 9 nitrogen and oxygen atoms in total. The number of ether oxygens (including phenoxy) is 1. The zero-order valence-corrected chi connectivity index (χ0v) is 16.5. The normalized spacial score (nSPS) is 15.1. The van der Waals surface area contributed by atoms with Crippen LogP contribution in [-0.2, 0) is 14.8 Å². The van der Waals surface area contributed by atoms with Crippen LogP contribution in [-0.4, -0.2) is 60.1 Å². The summed E-state index contributed by atoms with van der Waals surface area (Å²) in [5, 5.41) is 8.91. The van der Waals surface area contributed by atoms with Gasteiger partial charge in [-0.1, -0.05) is 6.07 Å². The van der Waals surface area contributed by atoms with Crippen LogP contribution in [0.5, 0.6) is 0 Å². The Kier molecular flexibility index (Phi) is 5.57. The smallest absolute Gasteiger partial charge is 0.255 e. The van der Waals surface area contributed by atoms with Gasteiger partial charge in [0.15, 0.2) is 5.82 Å². The van der Waals surface area contributed by atoms with E-state index < -0.39 is 21.7 Å². The third-order valence-electron chi connectivity index (χ3n) is 4.60. The molecular formula is C19H18FN5O4S. The maximum Gasteiger partial charge on any atom is 0.255 e.